The van der Waals surface area contributed by atoms with Crippen LogP contribution in [0.2, 0.25) is 0 Å². The summed E-state index contributed by atoms with van der Waals surface area (Å²) in [5, 5.41) is 0. The topological polar surface area (TPSA) is 40.9 Å². The molecule has 0 aromatic rings. The van der Waals surface area contributed by atoms with Crippen molar-refractivity contribution in [3.63, 3.8) is 0 Å². The van der Waals surface area contributed by atoms with Crippen molar-refractivity contribution in [3.8, 4) is 0 Å². The summed E-state index contributed by atoms with van der Waals surface area (Å²) in [5.74, 6) is 0. The molecule has 0 bridgehead atoms. The summed E-state index contributed by atoms with van der Waals surface area (Å²) >= 11 is 0.611. The van der Waals surface area contributed by atoms with Crippen molar-refractivity contribution in [1.82, 2.24) is 0 Å². The van der Waals surface area contributed by atoms with Crippen LogP contribution in [0.1, 0.15) is 20.8 Å². The summed E-state index contributed by atoms with van der Waals surface area (Å²) < 4.78 is 8.28. The maximum atomic E-state index is 8.28. The van der Waals surface area contributed by atoms with E-state index in [1.807, 2.05) is 20.8 Å². The molecule has 0 saturated heterocycles. The Labute approximate surface area is 54.7 Å². The van der Waals surface area contributed by atoms with E-state index in [1.54, 1.807) is 0 Å². The van der Waals surface area contributed by atoms with E-state index in [-0.39, 0.29) is 5.54 Å². The summed E-state index contributed by atoms with van der Waals surface area (Å²) in [7, 11) is 0. The predicted molar refractivity (Wildman–Crippen MR) is 24.8 cm³/mol. The van der Waals surface area contributed by atoms with Crippen molar-refractivity contribution in [2.24, 2.45) is 0 Å². The first-order valence-corrected chi connectivity index (χ1v) is 2.93. The Bertz CT molecular complexity index is 35.4. The van der Waals surface area contributed by atoms with E-state index in [2.05, 4.69) is 0 Å². The second-order valence-corrected chi connectivity index (χ2v) is 2.25. The molecule has 3 heteroatoms. The zero-order chi connectivity index (χ0) is 6.50. The molecule has 46 valence electrons. The summed E-state index contributed by atoms with van der Waals surface area (Å²) in [5.41, 5.74) is 6.69. The Balaban J connectivity index is 0. The second-order valence-electron chi connectivity index (χ2n) is 2.25. The van der Waals surface area contributed by atoms with Crippen molar-refractivity contribution >= 4 is 0 Å². The van der Waals surface area contributed by atoms with Gasteiger partial charge in [-0.1, -0.05) is 20.8 Å². The molecule has 0 rings (SSSR count). The Kier molecular flexibility index (Phi) is 6.76. The van der Waals surface area contributed by atoms with Crippen LogP contribution in [-0.4, -0.2) is 5.54 Å². The van der Waals surface area contributed by atoms with Crippen LogP contribution in [0.3, 0.4) is 0 Å². The van der Waals surface area contributed by atoms with E-state index in [9.17, 15) is 0 Å². The van der Waals surface area contributed by atoms with Gasteiger partial charge in [-0.25, -0.2) is 0 Å². The van der Waals surface area contributed by atoms with E-state index >= 15 is 0 Å². The zero-order valence-electron chi connectivity index (χ0n) is 4.76. The van der Waals surface area contributed by atoms with E-state index < -0.39 is 0 Å². The van der Waals surface area contributed by atoms with Crippen LogP contribution in [0.5, 0.6) is 0 Å². The van der Waals surface area contributed by atoms with E-state index in [0.29, 0.717) is 18.6 Å². The molecular weight excluding hydrogens is 268 g/mol. The summed E-state index contributed by atoms with van der Waals surface area (Å²) in [6.45, 7) is 5.56. The van der Waals surface area contributed by atoms with Gasteiger partial charge in [0.1, 0.15) is 0 Å². The standard InChI is InChI=1S/C4H10N.O.Os/c1-4(2,3)5;;/h5H,1-3H3;;/q-1;;. The zero-order valence-corrected chi connectivity index (χ0v) is 7.30. The van der Waals surface area contributed by atoms with Crippen molar-refractivity contribution in [2.45, 2.75) is 26.3 Å². The number of nitrogens with one attached hydrogen (secondary N) is 1. The van der Waals surface area contributed by atoms with Gasteiger partial charge in [-0.2, -0.15) is 0 Å². The monoisotopic (exact) mass is 280 g/mol. The molecule has 0 aromatic carbocycles. The third-order valence-corrected chi connectivity index (χ3v) is 0. The van der Waals surface area contributed by atoms with Gasteiger partial charge in [0.05, 0.1) is 0 Å². The van der Waals surface area contributed by atoms with Crippen LogP contribution in [0.25, 0.3) is 5.73 Å². The Hall–Kier alpha value is 0.396. The number of hydrogen-bond acceptors (Lipinski definition) is 1. The molecule has 2 nitrogen and oxygen atoms in total. The van der Waals surface area contributed by atoms with Crippen molar-refractivity contribution in [3.05, 3.63) is 5.73 Å². The summed E-state index contributed by atoms with van der Waals surface area (Å²) in [4.78, 5) is 0. The van der Waals surface area contributed by atoms with Gasteiger partial charge in [-0.05, 0) is 0 Å². The fraction of sp³-hybridized carbons (Fsp3) is 1.00. The van der Waals surface area contributed by atoms with E-state index in [0.717, 1.165) is 0 Å². The molecule has 0 aromatic heterocycles. The minimum absolute atomic E-state index is 0.250. The van der Waals surface area contributed by atoms with Crippen LogP contribution in [0, 0.1) is 0 Å². The average molecular weight is 278 g/mol. The molecule has 0 fully saturated rings. The van der Waals surface area contributed by atoms with Crippen LogP contribution in [0.4, 0.5) is 0 Å². The maximum absolute atomic E-state index is 8.28. The van der Waals surface area contributed by atoms with Crippen LogP contribution >= 0.6 is 0 Å². The van der Waals surface area contributed by atoms with Gasteiger partial charge < -0.3 is 5.73 Å². The SMILES string of the molecule is CC(C)(C)[NH-].[O]=[Os]. The fourth-order valence-corrected chi connectivity index (χ4v) is 0. The van der Waals surface area contributed by atoms with Crippen LogP contribution < -0.4 is 0 Å². The Morgan fingerprint density at radius 3 is 1.29 bits per heavy atom. The number of rotatable bonds is 0. The molecule has 0 atom stereocenters. The molecule has 0 aliphatic carbocycles. The van der Waals surface area contributed by atoms with Gasteiger partial charge in [-0.3, -0.25) is 0 Å². The summed E-state index contributed by atoms with van der Waals surface area (Å²) in [6, 6.07) is 0. The first-order chi connectivity index (χ1) is 3.00. The van der Waals surface area contributed by atoms with Gasteiger partial charge in [0, 0.05) is 0 Å². The first kappa shape index (κ1) is 10.4. The minimum atomic E-state index is -0.250. The summed E-state index contributed by atoms with van der Waals surface area (Å²) in [6.07, 6.45) is 0. The molecule has 0 radical (unpaired) electrons. The number of hydrogen-bond donors (Lipinski definition) is 0. The molecule has 0 unspecified atom stereocenters. The fourth-order valence-electron chi connectivity index (χ4n) is 0. The van der Waals surface area contributed by atoms with Crippen molar-refractivity contribution < 1.29 is 22.1 Å². The third-order valence-electron chi connectivity index (χ3n) is 0. The molecule has 0 aliphatic heterocycles. The molecule has 1 N–H and O–H groups in total. The van der Waals surface area contributed by atoms with Gasteiger partial charge in [0.15, 0.2) is 0 Å². The van der Waals surface area contributed by atoms with Gasteiger partial charge >= 0.3 is 22.1 Å². The molecule has 0 heterocycles. The normalized spacial score (nSPS) is 9.29. The van der Waals surface area contributed by atoms with Crippen LogP contribution in [0.15, 0.2) is 0 Å². The van der Waals surface area contributed by atoms with Gasteiger partial charge in [0.25, 0.3) is 0 Å². The van der Waals surface area contributed by atoms with Crippen molar-refractivity contribution in [2.75, 3.05) is 0 Å². The molecule has 0 aliphatic rings. The van der Waals surface area contributed by atoms with E-state index in [4.69, 9.17) is 9.27 Å². The van der Waals surface area contributed by atoms with Gasteiger partial charge in [0.2, 0.25) is 0 Å². The van der Waals surface area contributed by atoms with Crippen molar-refractivity contribution in [1.29, 1.82) is 0 Å². The third kappa shape index (κ3) is 787. The van der Waals surface area contributed by atoms with E-state index in [1.165, 1.54) is 0 Å². The molecule has 0 amide bonds. The second kappa shape index (κ2) is 4.55. The molecule has 7 heavy (non-hydrogen) atoms. The Morgan fingerprint density at radius 1 is 1.29 bits per heavy atom. The molecule has 0 spiro atoms. The quantitative estimate of drug-likeness (QED) is 0.665. The van der Waals surface area contributed by atoms with Crippen LogP contribution in [-0.2, 0) is 22.1 Å². The molecule has 0 saturated carbocycles. The predicted octanol–water partition coefficient (Wildman–Crippen LogP) is 1.72. The Morgan fingerprint density at radius 2 is 1.29 bits per heavy atom. The molecular formula is C4H10NOOs-. The van der Waals surface area contributed by atoms with Gasteiger partial charge in [-0.15, -0.1) is 5.54 Å². The average Bonchev–Trinajstić information content (AvgIpc) is 1.36. The first-order valence-electron chi connectivity index (χ1n) is 1.89.